The summed E-state index contributed by atoms with van der Waals surface area (Å²) in [5.74, 6) is 0.544. The fraction of sp³-hybridized carbons (Fsp3) is 0.154. The minimum atomic E-state index is -0.0521. The Bertz CT molecular complexity index is 577. The molecule has 2 rings (SSSR count). The third kappa shape index (κ3) is 2.79. The van der Waals surface area contributed by atoms with Gasteiger partial charge in [0, 0.05) is 18.1 Å². The Hall–Kier alpha value is -2.63. The van der Waals surface area contributed by atoms with Crippen LogP contribution in [0, 0.1) is 13.8 Å². The van der Waals surface area contributed by atoms with E-state index < -0.39 is 0 Å². The summed E-state index contributed by atoms with van der Waals surface area (Å²) < 4.78 is 0. The summed E-state index contributed by atoms with van der Waals surface area (Å²) in [6, 6.07) is 7.35. The number of aromatic nitrogens is 2. The molecule has 2 aromatic heterocycles. The summed E-state index contributed by atoms with van der Waals surface area (Å²) in [6.45, 7) is 3.86. The van der Waals surface area contributed by atoms with Crippen LogP contribution in [-0.4, -0.2) is 21.1 Å². The van der Waals surface area contributed by atoms with Gasteiger partial charge in [0.05, 0.1) is 5.69 Å². The van der Waals surface area contributed by atoms with Crippen LogP contribution in [0.4, 0.5) is 11.5 Å². The standard InChI is InChI=1S/C13H15N5O/c1-9-7-10(2)16-12(8-9)18(13(14)17-19)11-3-5-15-6-4-11/h3-8,19H,1-2H3,(H2,14,17). The molecule has 0 bridgehead atoms. The van der Waals surface area contributed by atoms with Crippen molar-refractivity contribution in [2.75, 3.05) is 4.90 Å². The molecule has 0 amide bonds. The number of oxime groups is 1. The molecule has 98 valence electrons. The van der Waals surface area contributed by atoms with Crippen molar-refractivity contribution in [2.24, 2.45) is 10.9 Å². The van der Waals surface area contributed by atoms with Crippen LogP contribution < -0.4 is 10.6 Å². The number of nitrogens with two attached hydrogens (primary N) is 1. The smallest absolute Gasteiger partial charge is 0.243 e. The zero-order valence-corrected chi connectivity index (χ0v) is 10.8. The fourth-order valence-electron chi connectivity index (χ4n) is 1.85. The van der Waals surface area contributed by atoms with Crippen molar-refractivity contribution in [3.63, 3.8) is 0 Å². The highest BCUT2D eigenvalue weighted by Crippen LogP contribution is 2.23. The molecule has 0 saturated heterocycles. The Kier molecular flexibility index (Phi) is 3.61. The molecule has 0 spiro atoms. The van der Waals surface area contributed by atoms with Crippen molar-refractivity contribution >= 4 is 17.5 Å². The first-order chi connectivity index (χ1) is 9.11. The molecule has 0 radical (unpaired) electrons. The van der Waals surface area contributed by atoms with Crippen molar-refractivity contribution in [3.8, 4) is 0 Å². The van der Waals surface area contributed by atoms with Gasteiger partial charge in [-0.1, -0.05) is 5.16 Å². The van der Waals surface area contributed by atoms with Gasteiger partial charge in [-0.25, -0.2) is 4.98 Å². The van der Waals surface area contributed by atoms with E-state index in [0.717, 1.165) is 16.9 Å². The Morgan fingerprint density at radius 1 is 1.26 bits per heavy atom. The molecule has 0 unspecified atom stereocenters. The first-order valence-electron chi connectivity index (χ1n) is 5.75. The van der Waals surface area contributed by atoms with Crippen LogP contribution >= 0.6 is 0 Å². The Balaban J connectivity index is 2.56. The summed E-state index contributed by atoms with van der Waals surface area (Å²) in [5, 5.41) is 12.0. The van der Waals surface area contributed by atoms with Crippen LogP contribution in [0.25, 0.3) is 0 Å². The van der Waals surface area contributed by atoms with Gasteiger partial charge in [-0.15, -0.1) is 0 Å². The molecule has 3 N–H and O–H groups in total. The topological polar surface area (TPSA) is 87.6 Å². The first kappa shape index (κ1) is 12.8. The number of anilines is 2. The zero-order valence-electron chi connectivity index (χ0n) is 10.8. The average molecular weight is 257 g/mol. The van der Waals surface area contributed by atoms with E-state index in [-0.39, 0.29) is 5.96 Å². The van der Waals surface area contributed by atoms with E-state index in [9.17, 15) is 0 Å². The third-order valence-electron chi connectivity index (χ3n) is 2.57. The molecule has 0 aliphatic heterocycles. The van der Waals surface area contributed by atoms with Crippen LogP contribution in [0.2, 0.25) is 0 Å². The minimum Gasteiger partial charge on any atom is -0.408 e. The second-order valence-corrected chi connectivity index (χ2v) is 4.14. The van der Waals surface area contributed by atoms with Crippen LogP contribution in [0.15, 0.2) is 41.8 Å². The van der Waals surface area contributed by atoms with Crippen LogP contribution in [0.5, 0.6) is 0 Å². The van der Waals surface area contributed by atoms with Crippen molar-refractivity contribution in [2.45, 2.75) is 13.8 Å². The average Bonchev–Trinajstić information content (AvgIpc) is 2.39. The van der Waals surface area contributed by atoms with E-state index in [1.807, 2.05) is 26.0 Å². The van der Waals surface area contributed by atoms with E-state index in [0.29, 0.717) is 5.82 Å². The molecule has 0 aliphatic rings. The van der Waals surface area contributed by atoms with Gasteiger partial charge in [0.15, 0.2) is 0 Å². The van der Waals surface area contributed by atoms with Crippen LogP contribution in [-0.2, 0) is 0 Å². The molecule has 0 atom stereocenters. The lowest BCUT2D eigenvalue weighted by atomic mass is 10.2. The summed E-state index contributed by atoms with van der Waals surface area (Å²) in [6.07, 6.45) is 3.27. The van der Waals surface area contributed by atoms with E-state index in [1.165, 1.54) is 0 Å². The highest BCUT2D eigenvalue weighted by atomic mass is 16.4. The lowest BCUT2D eigenvalue weighted by Gasteiger charge is -2.22. The SMILES string of the molecule is Cc1cc(C)nc(N(C(N)=NO)c2ccncc2)c1. The third-order valence-corrected chi connectivity index (χ3v) is 2.57. The van der Waals surface area contributed by atoms with Gasteiger partial charge in [-0.2, -0.15) is 0 Å². The fourth-order valence-corrected chi connectivity index (χ4v) is 1.85. The van der Waals surface area contributed by atoms with E-state index >= 15 is 0 Å². The maximum atomic E-state index is 8.94. The summed E-state index contributed by atoms with van der Waals surface area (Å²) in [4.78, 5) is 9.92. The van der Waals surface area contributed by atoms with Crippen molar-refractivity contribution in [3.05, 3.63) is 47.9 Å². The Morgan fingerprint density at radius 2 is 1.95 bits per heavy atom. The summed E-state index contributed by atoms with van der Waals surface area (Å²) >= 11 is 0. The van der Waals surface area contributed by atoms with E-state index in [2.05, 4.69) is 15.1 Å². The molecule has 0 aromatic carbocycles. The van der Waals surface area contributed by atoms with Gasteiger partial charge in [0.2, 0.25) is 5.96 Å². The molecular weight excluding hydrogens is 242 g/mol. The van der Waals surface area contributed by atoms with Gasteiger partial charge >= 0.3 is 0 Å². The number of guanidine groups is 1. The van der Waals surface area contributed by atoms with Gasteiger partial charge in [0.25, 0.3) is 0 Å². The lowest BCUT2D eigenvalue weighted by molar-refractivity contribution is 0.317. The monoisotopic (exact) mass is 257 g/mol. The number of nitrogens with zero attached hydrogens (tertiary/aromatic N) is 4. The van der Waals surface area contributed by atoms with Crippen LogP contribution in [0.1, 0.15) is 11.3 Å². The van der Waals surface area contributed by atoms with E-state index in [4.69, 9.17) is 10.9 Å². The second kappa shape index (κ2) is 5.34. The van der Waals surface area contributed by atoms with Crippen LogP contribution in [0.3, 0.4) is 0 Å². The molecule has 19 heavy (non-hydrogen) atoms. The number of hydrogen-bond donors (Lipinski definition) is 2. The van der Waals surface area contributed by atoms with Crippen molar-refractivity contribution in [1.29, 1.82) is 0 Å². The number of aryl methyl sites for hydroxylation is 2. The number of hydrogen-bond acceptors (Lipinski definition) is 4. The lowest BCUT2D eigenvalue weighted by Crippen LogP contribution is -2.34. The number of rotatable bonds is 2. The molecule has 0 fully saturated rings. The maximum absolute atomic E-state index is 8.94. The predicted octanol–water partition coefficient (Wildman–Crippen LogP) is 1.94. The normalized spacial score (nSPS) is 11.4. The molecule has 6 nitrogen and oxygen atoms in total. The van der Waals surface area contributed by atoms with E-state index in [1.54, 1.807) is 29.4 Å². The number of pyridine rings is 2. The maximum Gasteiger partial charge on any atom is 0.243 e. The quantitative estimate of drug-likeness (QED) is 0.371. The molecule has 2 aromatic rings. The van der Waals surface area contributed by atoms with Gasteiger partial charge in [-0.3, -0.25) is 9.88 Å². The van der Waals surface area contributed by atoms with Crippen molar-refractivity contribution < 1.29 is 5.21 Å². The molecule has 0 saturated carbocycles. The summed E-state index contributed by atoms with van der Waals surface area (Å²) in [7, 11) is 0. The van der Waals surface area contributed by atoms with Gasteiger partial charge in [0.1, 0.15) is 5.82 Å². The van der Waals surface area contributed by atoms with Gasteiger partial charge in [-0.05, 0) is 43.7 Å². The molecule has 6 heteroatoms. The molecule has 2 heterocycles. The minimum absolute atomic E-state index is 0.0521. The van der Waals surface area contributed by atoms with Gasteiger partial charge < -0.3 is 10.9 Å². The highest BCUT2D eigenvalue weighted by Gasteiger charge is 2.15. The Labute approximate surface area is 111 Å². The van der Waals surface area contributed by atoms with Crippen molar-refractivity contribution in [1.82, 2.24) is 9.97 Å². The largest absolute Gasteiger partial charge is 0.408 e. The predicted molar refractivity (Wildman–Crippen MR) is 73.5 cm³/mol. The first-order valence-corrected chi connectivity index (χ1v) is 5.75. The molecular formula is C13H15N5O. The summed E-state index contributed by atoms with van der Waals surface area (Å²) in [5.41, 5.74) is 8.38. The zero-order chi connectivity index (χ0) is 13.8. The highest BCUT2D eigenvalue weighted by molar-refractivity contribution is 6.00. The Morgan fingerprint density at radius 3 is 2.53 bits per heavy atom. The second-order valence-electron chi connectivity index (χ2n) is 4.14. The molecule has 0 aliphatic carbocycles.